The average Bonchev–Trinajstić information content (AvgIpc) is 2.55. The van der Waals surface area contributed by atoms with E-state index in [1.807, 2.05) is 26.0 Å². The standard InChI is InChI=1S/C18H21FN2O3S/c1-4-21(25(23,24)16-8-6-15(19)7-9-16)12-18(22)20-17-10-5-13(2)11-14(17)3/h5-11H,4,12H2,1-3H3,(H,20,22). The Kier molecular flexibility index (Phi) is 5.92. The van der Waals surface area contributed by atoms with E-state index in [0.717, 1.165) is 27.6 Å². The third-order valence-electron chi connectivity index (χ3n) is 3.78. The van der Waals surface area contributed by atoms with Gasteiger partial charge in [-0.15, -0.1) is 0 Å². The van der Waals surface area contributed by atoms with E-state index in [1.165, 1.54) is 12.1 Å². The summed E-state index contributed by atoms with van der Waals surface area (Å²) < 4.78 is 39.3. The van der Waals surface area contributed by atoms with E-state index in [9.17, 15) is 17.6 Å². The Bertz CT molecular complexity index is 864. The van der Waals surface area contributed by atoms with Gasteiger partial charge < -0.3 is 5.32 Å². The molecule has 1 amide bonds. The van der Waals surface area contributed by atoms with Crippen LogP contribution in [-0.2, 0) is 14.8 Å². The van der Waals surface area contributed by atoms with Gasteiger partial charge in [0.2, 0.25) is 15.9 Å². The zero-order valence-corrected chi connectivity index (χ0v) is 15.2. The highest BCUT2D eigenvalue weighted by molar-refractivity contribution is 7.89. The fourth-order valence-corrected chi connectivity index (χ4v) is 3.83. The molecule has 0 aliphatic heterocycles. The molecular weight excluding hydrogens is 343 g/mol. The summed E-state index contributed by atoms with van der Waals surface area (Å²) in [6, 6.07) is 10.1. The monoisotopic (exact) mass is 364 g/mol. The lowest BCUT2D eigenvalue weighted by molar-refractivity contribution is -0.116. The Hall–Kier alpha value is -2.25. The number of halogens is 1. The molecule has 0 aromatic heterocycles. The third kappa shape index (κ3) is 4.64. The highest BCUT2D eigenvalue weighted by atomic mass is 32.2. The van der Waals surface area contributed by atoms with E-state index in [2.05, 4.69) is 5.32 Å². The minimum absolute atomic E-state index is 0.0462. The van der Waals surface area contributed by atoms with Crippen molar-refractivity contribution in [1.82, 2.24) is 4.31 Å². The van der Waals surface area contributed by atoms with Crippen molar-refractivity contribution in [2.75, 3.05) is 18.4 Å². The second kappa shape index (κ2) is 7.76. The number of aryl methyl sites for hydroxylation is 2. The predicted molar refractivity (Wildman–Crippen MR) is 95.4 cm³/mol. The van der Waals surface area contributed by atoms with E-state index in [0.29, 0.717) is 5.69 Å². The molecule has 2 rings (SSSR count). The molecule has 2 aromatic carbocycles. The first-order valence-corrected chi connectivity index (χ1v) is 9.31. The van der Waals surface area contributed by atoms with Crippen LogP contribution in [0.4, 0.5) is 10.1 Å². The number of hydrogen-bond donors (Lipinski definition) is 1. The molecule has 1 N–H and O–H groups in total. The number of carbonyl (C=O) groups excluding carboxylic acids is 1. The van der Waals surface area contributed by atoms with Crippen LogP contribution in [0.2, 0.25) is 0 Å². The number of anilines is 1. The van der Waals surface area contributed by atoms with Gasteiger partial charge in [-0.05, 0) is 49.7 Å². The van der Waals surface area contributed by atoms with Crippen LogP contribution in [0.15, 0.2) is 47.4 Å². The fourth-order valence-electron chi connectivity index (χ4n) is 2.43. The van der Waals surface area contributed by atoms with Crippen LogP contribution in [0.5, 0.6) is 0 Å². The Balaban J connectivity index is 2.15. The second-order valence-corrected chi connectivity index (χ2v) is 7.69. The van der Waals surface area contributed by atoms with Gasteiger partial charge >= 0.3 is 0 Å². The van der Waals surface area contributed by atoms with Gasteiger partial charge in [0.1, 0.15) is 5.82 Å². The molecule has 2 aromatic rings. The number of nitrogens with zero attached hydrogens (tertiary/aromatic N) is 1. The van der Waals surface area contributed by atoms with Crippen LogP contribution in [0, 0.1) is 19.7 Å². The quantitative estimate of drug-likeness (QED) is 0.856. The molecule has 0 fully saturated rings. The molecule has 7 heteroatoms. The number of nitrogens with one attached hydrogen (secondary N) is 1. The first-order chi connectivity index (χ1) is 11.7. The normalized spacial score (nSPS) is 11.6. The van der Waals surface area contributed by atoms with Crippen molar-refractivity contribution >= 4 is 21.6 Å². The van der Waals surface area contributed by atoms with Crippen molar-refractivity contribution < 1.29 is 17.6 Å². The summed E-state index contributed by atoms with van der Waals surface area (Å²) >= 11 is 0. The fraction of sp³-hybridized carbons (Fsp3) is 0.278. The molecular formula is C18H21FN2O3S. The lowest BCUT2D eigenvalue weighted by Gasteiger charge is -2.20. The summed E-state index contributed by atoms with van der Waals surface area (Å²) in [5, 5.41) is 2.73. The van der Waals surface area contributed by atoms with E-state index in [4.69, 9.17) is 0 Å². The molecule has 0 aliphatic rings. The lowest BCUT2D eigenvalue weighted by Crippen LogP contribution is -2.37. The van der Waals surface area contributed by atoms with Gasteiger partial charge in [0, 0.05) is 12.2 Å². The average molecular weight is 364 g/mol. The van der Waals surface area contributed by atoms with Crippen LogP contribution in [0.3, 0.4) is 0 Å². The molecule has 25 heavy (non-hydrogen) atoms. The Morgan fingerprint density at radius 2 is 1.76 bits per heavy atom. The number of amides is 1. The molecule has 0 atom stereocenters. The minimum Gasteiger partial charge on any atom is -0.325 e. The first kappa shape index (κ1) is 19.1. The smallest absolute Gasteiger partial charge is 0.243 e. The highest BCUT2D eigenvalue weighted by Gasteiger charge is 2.25. The summed E-state index contributed by atoms with van der Waals surface area (Å²) in [7, 11) is -3.87. The Morgan fingerprint density at radius 1 is 1.12 bits per heavy atom. The number of likely N-dealkylation sites (N-methyl/N-ethyl adjacent to an activating group) is 1. The maximum absolute atomic E-state index is 13.0. The number of rotatable bonds is 6. The molecule has 0 unspecified atom stereocenters. The molecule has 5 nitrogen and oxygen atoms in total. The van der Waals surface area contributed by atoms with Crippen molar-refractivity contribution in [3.8, 4) is 0 Å². The van der Waals surface area contributed by atoms with Crippen LogP contribution < -0.4 is 5.32 Å². The highest BCUT2D eigenvalue weighted by Crippen LogP contribution is 2.18. The molecule has 134 valence electrons. The van der Waals surface area contributed by atoms with Gasteiger partial charge in [-0.3, -0.25) is 4.79 Å². The molecule has 0 radical (unpaired) electrons. The topological polar surface area (TPSA) is 66.5 Å². The molecule has 0 spiro atoms. The Morgan fingerprint density at radius 3 is 2.32 bits per heavy atom. The summed E-state index contributed by atoms with van der Waals surface area (Å²) in [4.78, 5) is 12.2. The molecule has 0 heterocycles. The molecule has 0 aliphatic carbocycles. The van der Waals surface area contributed by atoms with E-state index in [-0.39, 0.29) is 18.0 Å². The molecule has 0 bridgehead atoms. The zero-order valence-electron chi connectivity index (χ0n) is 14.4. The van der Waals surface area contributed by atoms with Crippen molar-refractivity contribution in [2.24, 2.45) is 0 Å². The van der Waals surface area contributed by atoms with Gasteiger partial charge in [-0.25, -0.2) is 12.8 Å². The maximum Gasteiger partial charge on any atom is 0.243 e. The van der Waals surface area contributed by atoms with Crippen molar-refractivity contribution in [3.63, 3.8) is 0 Å². The van der Waals surface area contributed by atoms with E-state index < -0.39 is 21.7 Å². The number of benzene rings is 2. The number of carbonyl (C=O) groups is 1. The summed E-state index contributed by atoms with van der Waals surface area (Å²) in [5.41, 5.74) is 2.62. The van der Waals surface area contributed by atoms with E-state index in [1.54, 1.807) is 13.0 Å². The van der Waals surface area contributed by atoms with Crippen LogP contribution in [-0.4, -0.2) is 31.7 Å². The van der Waals surface area contributed by atoms with Crippen LogP contribution in [0.1, 0.15) is 18.1 Å². The number of sulfonamides is 1. The number of hydrogen-bond acceptors (Lipinski definition) is 3. The SMILES string of the molecule is CCN(CC(=O)Nc1ccc(C)cc1C)S(=O)(=O)c1ccc(F)cc1. The van der Waals surface area contributed by atoms with Crippen molar-refractivity contribution in [2.45, 2.75) is 25.7 Å². The summed E-state index contributed by atoms with van der Waals surface area (Å²) in [6.07, 6.45) is 0. The summed E-state index contributed by atoms with van der Waals surface area (Å²) in [6.45, 7) is 5.27. The molecule has 0 saturated carbocycles. The minimum atomic E-state index is -3.87. The lowest BCUT2D eigenvalue weighted by atomic mass is 10.1. The van der Waals surface area contributed by atoms with Gasteiger partial charge in [0.25, 0.3) is 0 Å². The zero-order chi connectivity index (χ0) is 18.6. The molecule has 0 saturated heterocycles. The Labute approximate surface area is 147 Å². The first-order valence-electron chi connectivity index (χ1n) is 7.87. The predicted octanol–water partition coefficient (Wildman–Crippen LogP) is 3.09. The summed E-state index contributed by atoms with van der Waals surface area (Å²) in [5.74, 6) is -0.950. The largest absolute Gasteiger partial charge is 0.325 e. The second-order valence-electron chi connectivity index (χ2n) is 5.75. The third-order valence-corrected chi connectivity index (χ3v) is 5.72. The van der Waals surface area contributed by atoms with Gasteiger partial charge in [-0.2, -0.15) is 4.31 Å². The van der Waals surface area contributed by atoms with Gasteiger partial charge in [0.15, 0.2) is 0 Å². The van der Waals surface area contributed by atoms with Crippen molar-refractivity contribution in [3.05, 3.63) is 59.4 Å². The van der Waals surface area contributed by atoms with Crippen LogP contribution >= 0.6 is 0 Å². The van der Waals surface area contributed by atoms with Crippen LogP contribution in [0.25, 0.3) is 0 Å². The van der Waals surface area contributed by atoms with Gasteiger partial charge in [0.05, 0.1) is 11.4 Å². The maximum atomic E-state index is 13.0. The van der Waals surface area contributed by atoms with Crippen molar-refractivity contribution in [1.29, 1.82) is 0 Å². The van der Waals surface area contributed by atoms with Gasteiger partial charge in [-0.1, -0.05) is 24.6 Å². The van der Waals surface area contributed by atoms with E-state index >= 15 is 0 Å².